The number of hydrogen-bond acceptors (Lipinski definition) is 5. The third-order valence-corrected chi connectivity index (χ3v) is 4.09. The van der Waals surface area contributed by atoms with Crippen molar-refractivity contribution in [3.8, 4) is 0 Å². The highest BCUT2D eigenvalue weighted by molar-refractivity contribution is 7.98. The second-order valence-corrected chi connectivity index (χ2v) is 5.47. The van der Waals surface area contributed by atoms with Gasteiger partial charge in [0.25, 0.3) is 5.91 Å². The molecule has 0 bridgehead atoms. The second kappa shape index (κ2) is 7.28. The van der Waals surface area contributed by atoms with Gasteiger partial charge in [-0.1, -0.05) is 17.3 Å². The lowest BCUT2D eigenvalue weighted by Gasteiger charge is -2.09. The number of hydrogen-bond donors (Lipinski definition) is 1. The van der Waals surface area contributed by atoms with E-state index in [1.54, 1.807) is 17.8 Å². The Hall–Kier alpha value is -1.79. The van der Waals surface area contributed by atoms with E-state index >= 15 is 0 Å². The SMILES string of the molecule is CCONC(=O)c1ccccc1SCc1c(C)noc1C. The zero-order valence-electron chi connectivity index (χ0n) is 12.3. The predicted molar refractivity (Wildman–Crippen MR) is 81.1 cm³/mol. The number of carbonyl (C=O) groups is 1. The Bertz CT molecular complexity index is 606. The number of benzene rings is 1. The average molecular weight is 306 g/mol. The molecule has 0 aliphatic rings. The van der Waals surface area contributed by atoms with E-state index in [-0.39, 0.29) is 5.91 Å². The van der Waals surface area contributed by atoms with Crippen molar-refractivity contribution in [3.05, 3.63) is 46.8 Å². The van der Waals surface area contributed by atoms with E-state index in [4.69, 9.17) is 9.36 Å². The molecule has 1 amide bonds. The molecule has 0 saturated carbocycles. The maximum atomic E-state index is 12.0. The summed E-state index contributed by atoms with van der Waals surface area (Å²) in [6, 6.07) is 7.45. The van der Waals surface area contributed by atoms with Crippen LogP contribution in [0.2, 0.25) is 0 Å². The van der Waals surface area contributed by atoms with E-state index in [0.29, 0.717) is 17.9 Å². The molecule has 0 unspecified atom stereocenters. The van der Waals surface area contributed by atoms with Gasteiger partial charge in [0.15, 0.2) is 0 Å². The fraction of sp³-hybridized carbons (Fsp3) is 0.333. The molecule has 112 valence electrons. The van der Waals surface area contributed by atoms with Gasteiger partial charge in [-0.15, -0.1) is 11.8 Å². The van der Waals surface area contributed by atoms with Gasteiger partial charge in [0.05, 0.1) is 17.9 Å². The molecule has 0 spiro atoms. The van der Waals surface area contributed by atoms with Crippen LogP contribution in [-0.2, 0) is 10.6 Å². The molecule has 0 aliphatic heterocycles. The van der Waals surface area contributed by atoms with E-state index in [1.807, 2.05) is 39.0 Å². The molecule has 0 atom stereocenters. The molecule has 1 heterocycles. The van der Waals surface area contributed by atoms with Gasteiger partial charge >= 0.3 is 0 Å². The van der Waals surface area contributed by atoms with E-state index in [2.05, 4.69) is 10.6 Å². The van der Waals surface area contributed by atoms with Gasteiger partial charge in [0.1, 0.15) is 5.76 Å². The number of rotatable bonds is 6. The Morgan fingerprint density at radius 1 is 1.38 bits per heavy atom. The van der Waals surface area contributed by atoms with Crippen molar-refractivity contribution in [1.82, 2.24) is 10.6 Å². The van der Waals surface area contributed by atoms with Crippen LogP contribution in [0.1, 0.15) is 34.3 Å². The van der Waals surface area contributed by atoms with Crippen LogP contribution < -0.4 is 5.48 Å². The van der Waals surface area contributed by atoms with Gasteiger partial charge in [-0.05, 0) is 32.9 Å². The molecule has 5 nitrogen and oxygen atoms in total. The van der Waals surface area contributed by atoms with Crippen LogP contribution in [0.5, 0.6) is 0 Å². The van der Waals surface area contributed by atoms with Gasteiger partial charge in [0, 0.05) is 16.2 Å². The zero-order valence-corrected chi connectivity index (χ0v) is 13.1. The molecular weight excluding hydrogens is 288 g/mol. The lowest BCUT2D eigenvalue weighted by atomic mass is 10.2. The topological polar surface area (TPSA) is 64.4 Å². The number of hydroxylamine groups is 1. The Labute approximate surface area is 128 Å². The molecule has 0 aliphatic carbocycles. The number of thioether (sulfide) groups is 1. The normalized spacial score (nSPS) is 10.6. The minimum absolute atomic E-state index is 0.237. The molecule has 2 aromatic rings. The summed E-state index contributed by atoms with van der Waals surface area (Å²) in [6.45, 7) is 6.06. The minimum atomic E-state index is -0.237. The van der Waals surface area contributed by atoms with E-state index in [0.717, 1.165) is 21.9 Å². The van der Waals surface area contributed by atoms with Crippen molar-refractivity contribution >= 4 is 17.7 Å². The van der Waals surface area contributed by atoms with Crippen LogP contribution >= 0.6 is 11.8 Å². The van der Waals surface area contributed by atoms with Crippen LogP contribution in [0.25, 0.3) is 0 Å². The highest BCUT2D eigenvalue weighted by Crippen LogP contribution is 2.28. The van der Waals surface area contributed by atoms with Crippen molar-refractivity contribution in [1.29, 1.82) is 0 Å². The Kier molecular flexibility index (Phi) is 5.41. The van der Waals surface area contributed by atoms with Crippen LogP contribution in [-0.4, -0.2) is 17.7 Å². The maximum Gasteiger partial charge on any atom is 0.275 e. The largest absolute Gasteiger partial charge is 0.361 e. The number of aryl methyl sites for hydroxylation is 2. The van der Waals surface area contributed by atoms with Gasteiger partial charge in [-0.3, -0.25) is 9.63 Å². The summed E-state index contributed by atoms with van der Waals surface area (Å²) in [5.74, 6) is 1.29. The highest BCUT2D eigenvalue weighted by Gasteiger charge is 2.14. The van der Waals surface area contributed by atoms with Gasteiger partial charge in [-0.2, -0.15) is 0 Å². The average Bonchev–Trinajstić information content (AvgIpc) is 2.82. The third-order valence-electron chi connectivity index (χ3n) is 2.99. The molecule has 0 saturated heterocycles. The molecule has 0 fully saturated rings. The maximum absolute atomic E-state index is 12.0. The second-order valence-electron chi connectivity index (χ2n) is 4.45. The van der Waals surface area contributed by atoms with Crippen molar-refractivity contribution in [2.24, 2.45) is 0 Å². The van der Waals surface area contributed by atoms with Crippen LogP contribution in [0.4, 0.5) is 0 Å². The first kappa shape index (κ1) is 15.6. The number of nitrogens with one attached hydrogen (secondary N) is 1. The molecule has 2 rings (SSSR count). The third kappa shape index (κ3) is 3.86. The first-order valence-electron chi connectivity index (χ1n) is 6.69. The molecule has 1 aromatic carbocycles. The first-order valence-corrected chi connectivity index (χ1v) is 7.67. The zero-order chi connectivity index (χ0) is 15.2. The fourth-order valence-corrected chi connectivity index (χ4v) is 3.03. The van der Waals surface area contributed by atoms with Crippen molar-refractivity contribution in [2.45, 2.75) is 31.4 Å². The number of nitrogens with zero attached hydrogens (tertiary/aromatic N) is 1. The quantitative estimate of drug-likeness (QED) is 0.655. The van der Waals surface area contributed by atoms with Crippen molar-refractivity contribution in [2.75, 3.05) is 6.61 Å². The van der Waals surface area contributed by atoms with Gasteiger partial charge in [-0.25, -0.2) is 5.48 Å². The molecule has 21 heavy (non-hydrogen) atoms. The minimum Gasteiger partial charge on any atom is -0.361 e. The molecule has 1 aromatic heterocycles. The summed E-state index contributed by atoms with van der Waals surface area (Å²) in [4.78, 5) is 17.9. The Morgan fingerprint density at radius 3 is 2.81 bits per heavy atom. The molecular formula is C15H18N2O3S. The number of amides is 1. The summed E-state index contributed by atoms with van der Waals surface area (Å²) in [7, 11) is 0. The van der Waals surface area contributed by atoms with E-state index in [1.165, 1.54) is 0 Å². The van der Waals surface area contributed by atoms with Gasteiger partial charge in [0.2, 0.25) is 0 Å². The van der Waals surface area contributed by atoms with Crippen LogP contribution in [0.15, 0.2) is 33.7 Å². The summed E-state index contributed by atoms with van der Waals surface area (Å²) < 4.78 is 5.15. The standard InChI is InChI=1S/C15H18N2O3S/c1-4-19-17-15(18)12-7-5-6-8-14(12)21-9-13-10(2)16-20-11(13)3/h5-8H,4,9H2,1-3H3,(H,17,18). The molecule has 0 radical (unpaired) electrons. The highest BCUT2D eigenvalue weighted by atomic mass is 32.2. The van der Waals surface area contributed by atoms with E-state index in [9.17, 15) is 4.79 Å². The number of carbonyl (C=O) groups excluding carboxylic acids is 1. The number of aromatic nitrogens is 1. The Morgan fingerprint density at radius 2 is 2.14 bits per heavy atom. The Balaban J connectivity index is 2.12. The lowest BCUT2D eigenvalue weighted by Crippen LogP contribution is -2.24. The van der Waals surface area contributed by atoms with Gasteiger partial charge < -0.3 is 4.52 Å². The van der Waals surface area contributed by atoms with Crippen molar-refractivity contribution < 1.29 is 14.2 Å². The first-order chi connectivity index (χ1) is 10.1. The molecule has 1 N–H and O–H groups in total. The van der Waals surface area contributed by atoms with Crippen LogP contribution in [0, 0.1) is 13.8 Å². The smallest absolute Gasteiger partial charge is 0.275 e. The summed E-state index contributed by atoms with van der Waals surface area (Å²) in [5.41, 5.74) is 4.98. The summed E-state index contributed by atoms with van der Waals surface area (Å²) in [5, 5.41) is 3.94. The monoisotopic (exact) mass is 306 g/mol. The predicted octanol–water partition coefficient (Wildman–Crippen LogP) is 3.27. The fourth-order valence-electron chi connectivity index (χ4n) is 1.83. The summed E-state index contributed by atoms with van der Waals surface area (Å²) in [6.07, 6.45) is 0. The molecule has 6 heteroatoms. The van der Waals surface area contributed by atoms with E-state index < -0.39 is 0 Å². The van der Waals surface area contributed by atoms with Crippen LogP contribution in [0.3, 0.4) is 0 Å². The summed E-state index contributed by atoms with van der Waals surface area (Å²) >= 11 is 1.58. The lowest BCUT2D eigenvalue weighted by molar-refractivity contribution is 0.0362. The van der Waals surface area contributed by atoms with Crippen molar-refractivity contribution in [3.63, 3.8) is 0 Å².